The van der Waals surface area contributed by atoms with Crippen LogP contribution in [0, 0.1) is 0 Å². The molecule has 1 saturated carbocycles. The van der Waals surface area contributed by atoms with Crippen LogP contribution < -0.4 is 5.73 Å². The quantitative estimate of drug-likeness (QED) is 0.413. The fraction of sp³-hybridized carbons (Fsp3) is 0.917. The highest BCUT2D eigenvalue weighted by atomic mass is 127. The molecule has 2 rings (SSSR count). The summed E-state index contributed by atoms with van der Waals surface area (Å²) in [6.07, 6.45) is 3.78. The van der Waals surface area contributed by atoms with E-state index < -0.39 is 14.6 Å². The van der Waals surface area contributed by atoms with Crippen LogP contribution in [-0.2, 0) is 14.6 Å². The zero-order valence-electron chi connectivity index (χ0n) is 12.0. The van der Waals surface area contributed by atoms with Gasteiger partial charge in [0.2, 0.25) is 0 Å². The molecular weight excluding hydrogens is 393 g/mol. The number of halogens is 1. The van der Waals surface area contributed by atoms with Gasteiger partial charge in [-0.05, 0) is 19.8 Å². The lowest BCUT2D eigenvalue weighted by atomic mass is 9.84. The Bertz CT molecular complexity index is 463. The SMILES string of the molecule is CC1CN(C(N)=NCC2(S(C)(=O)=O)CCC2)CCO1.I. The summed E-state index contributed by atoms with van der Waals surface area (Å²) in [5.41, 5.74) is 5.97. The lowest BCUT2D eigenvalue weighted by Gasteiger charge is -2.39. The van der Waals surface area contributed by atoms with Gasteiger partial charge in [0.05, 0.1) is 24.0 Å². The molecule has 2 aliphatic rings. The summed E-state index contributed by atoms with van der Waals surface area (Å²) in [6, 6.07) is 0. The molecule has 1 aliphatic heterocycles. The first-order valence-electron chi connectivity index (χ1n) is 6.70. The summed E-state index contributed by atoms with van der Waals surface area (Å²) in [5.74, 6) is 0.435. The van der Waals surface area contributed by atoms with Crippen LogP contribution in [0.2, 0.25) is 0 Å². The first-order chi connectivity index (χ1) is 8.84. The van der Waals surface area contributed by atoms with Gasteiger partial charge >= 0.3 is 0 Å². The number of nitrogens with zero attached hydrogens (tertiary/aromatic N) is 2. The molecule has 0 aromatic carbocycles. The lowest BCUT2D eigenvalue weighted by Crippen LogP contribution is -2.50. The summed E-state index contributed by atoms with van der Waals surface area (Å²) < 4.78 is 28.4. The Hall–Kier alpha value is -0.0900. The molecular formula is C12H24IN3O3S. The maximum atomic E-state index is 11.8. The molecule has 0 bridgehead atoms. The second-order valence-corrected chi connectivity index (χ2v) is 8.02. The molecule has 1 heterocycles. The molecule has 8 heteroatoms. The van der Waals surface area contributed by atoms with Crippen molar-refractivity contribution in [3.05, 3.63) is 0 Å². The molecule has 1 atom stereocenters. The third-order valence-electron chi connectivity index (χ3n) is 4.15. The van der Waals surface area contributed by atoms with E-state index in [9.17, 15) is 8.42 Å². The summed E-state index contributed by atoms with van der Waals surface area (Å²) >= 11 is 0. The van der Waals surface area contributed by atoms with Gasteiger partial charge in [-0.2, -0.15) is 0 Å². The van der Waals surface area contributed by atoms with Gasteiger partial charge in [-0.3, -0.25) is 4.99 Å². The van der Waals surface area contributed by atoms with E-state index in [2.05, 4.69) is 4.99 Å². The van der Waals surface area contributed by atoms with Gasteiger partial charge in [-0.15, -0.1) is 24.0 Å². The molecule has 0 spiro atoms. The topological polar surface area (TPSA) is 85.0 Å². The molecule has 6 nitrogen and oxygen atoms in total. The second-order valence-electron chi connectivity index (χ2n) is 5.61. The molecule has 0 radical (unpaired) electrons. The highest BCUT2D eigenvalue weighted by Gasteiger charge is 2.46. The first kappa shape index (κ1) is 18.0. The van der Waals surface area contributed by atoms with Crippen LogP contribution in [-0.4, -0.2) is 62.6 Å². The Morgan fingerprint density at radius 2 is 2.15 bits per heavy atom. The Kier molecular flexibility index (Phi) is 6.09. The minimum Gasteiger partial charge on any atom is -0.375 e. The number of morpholine rings is 1. The van der Waals surface area contributed by atoms with Crippen molar-refractivity contribution in [2.75, 3.05) is 32.5 Å². The number of guanidine groups is 1. The van der Waals surface area contributed by atoms with Crippen molar-refractivity contribution < 1.29 is 13.2 Å². The molecule has 2 fully saturated rings. The van der Waals surface area contributed by atoms with Gasteiger partial charge < -0.3 is 15.4 Å². The Morgan fingerprint density at radius 1 is 1.50 bits per heavy atom. The number of ether oxygens (including phenoxy) is 1. The average molecular weight is 417 g/mol. The Morgan fingerprint density at radius 3 is 2.60 bits per heavy atom. The van der Waals surface area contributed by atoms with Gasteiger partial charge in [-0.25, -0.2) is 8.42 Å². The smallest absolute Gasteiger partial charge is 0.191 e. The van der Waals surface area contributed by atoms with Gasteiger partial charge in [0.25, 0.3) is 0 Å². The van der Waals surface area contributed by atoms with Crippen LogP contribution in [0.5, 0.6) is 0 Å². The van der Waals surface area contributed by atoms with E-state index in [1.165, 1.54) is 6.26 Å². The van der Waals surface area contributed by atoms with Crippen LogP contribution in [0.25, 0.3) is 0 Å². The normalized spacial score (nSPS) is 26.6. The third-order valence-corrected chi connectivity index (χ3v) is 6.26. The summed E-state index contributed by atoms with van der Waals surface area (Å²) in [5, 5.41) is 0. The molecule has 118 valence electrons. The zero-order chi connectivity index (χ0) is 14.1. The first-order valence-corrected chi connectivity index (χ1v) is 8.59. The van der Waals surface area contributed by atoms with Gasteiger partial charge in [0.15, 0.2) is 15.8 Å². The van der Waals surface area contributed by atoms with E-state index in [1.807, 2.05) is 11.8 Å². The summed E-state index contributed by atoms with van der Waals surface area (Å²) in [4.78, 5) is 6.29. The minimum atomic E-state index is -3.07. The van der Waals surface area contributed by atoms with E-state index in [4.69, 9.17) is 10.5 Å². The second kappa shape index (κ2) is 6.78. The molecule has 1 aliphatic carbocycles. The molecule has 1 unspecified atom stereocenters. The van der Waals surface area contributed by atoms with Crippen molar-refractivity contribution >= 4 is 39.8 Å². The predicted octanol–water partition coefficient (Wildman–Crippen LogP) is 0.607. The van der Waals surface area contributed by atoms with Crippen LogP contribution in [0.3, 0.4) is 0 Å². The van der Waals surface area contributed by atoms with E-state index in [1.54, 1.807) is 0 Å². The van der Waals surface area contributed by atoms with Gasteiger partial charge in [-0.1, -0.05) is 6.42 Å². The average Bonchev–Trinajstić information content (AvgIpc) is 2.25. The lowest BCUT2D eigenvalue weighted by molar-refractivity contribution is 0.00526. The molecule has 0 amide bonds. The minimum absolute atomic E-state index is 0. The molecule has 20 heavy (non-hydrogen) atoms. The van der Waals surface area contributed by atoms with Crippen molar-refractivity contribution in [2.24, 2.45) is 10.7 Å². The molecule has 0 aromatic rings. The number of nitrogens with two attached hydrogens (primary N) is 1. The van der Waals surface area contributed by atoms with Crippen molar-refractivity contribution in [2.45, 2.75) is 37.0 Å². The third kappa shape index (κ3) is 3.76. The van der Waals surface area contributed by atoms with Crippen LogP contribution in [0.15, 0.2) is 4.99 Å². The van der Waals surface area contributed by atoms with Crippen molar-refractivity contribution in [3.63, 3.8) is 0 Å². The van der Waals surface area contributed by atoms with Crippen molar-refractivity contribution in [1.29, 1.82) is 0 Å². The standard InChI is InChI=1S/C12H23N3O3S.HI/c1-10-8-15(6-7-18-10)11(13)14-9-12(4-3-5-12)19(2,16)17;/h10H,3-9H2,1-2H3,(H2,13,14);1H. The maximum absolute atomic E-state index is 11.8. The van der Waals surface area contributed by atoms with E-state index in [-0.39, 0.29) is 36.6 Å². The predicted molar refractivity (Wildman–Crippen MR) is 90.3 cm³/mol. The van der Waals surface area contributed by atoms with Gasteiger partial charge in [0, 0.05) is 19.3 Å². The van der Waals surface area contributed by atoms with Crippen LogP contribution >= 0.6 is 24.0 Å². The summed E-state index contributed by atoms with van der Waals surface area (Å²) in [6.45, 7) is 4.33. The maximum Gasteiger partial charge on any atom is 0.191 e. The highest BCUT2D eigenvalue weighted by Crippen LogP contribution is 2.39. The van der Waals surface area contributed by atoms with E-state index >= 15 is 0 Å². The number of hydrogen-bond acceptors (Lipinski definition) is 4. The molecule has 2 N–H and O–H groups in total. The number of sulfone groups is 1. The molecule has 1 saturated heterocycles. The number of rotatable bonds is 3. The van der Waals surface area contributed by atoms with Gasteiger partial charge in [0.1, 0.15) is 0 Å². The fourth-order valence-electron chi connectivity index (χ4n) is 2.57. The monoisotopic (exact) mass is 417 g/mol. The van der Waals surface area contributed by atoms with E-state index in [0.29, 0.717) is 38.5 Å². The van der Waals surface area contributed by atoms with Crippen molar-refractivity contribution in [1.82, 2.24) is 4.90 Å². The number of hydrogen-bond donors (Lipinski definition) is 1. The van der Waals surface area contributed by atoms with E-state index in [0.717, 1.165) is 6.42 Å². The van der Waals surface area contributed by atoms with Crippen LogP contribution in [0.1, 0.15) is 26.2 Å². The van der Waals surface area contributed by atoms with Crippen LogP contribution in [0.4, 0.5) is 0 Å². The summed E-state index contributed by atoms with van der Waals surface area (Å²) in [7, 11) is -3.07. The number of aliphatic imine (C=N–C) groups is 1. The Labute approximate surface area is 138 Å². The Balaban J connectivity index is 0.00000200. The highest BCUT2D eigenvalue weighted by molar-refractivity contribution is 14.0. The largest absolute Gasteiger partial charge is 0.375 e. The zero-order valence-corrected chi connectivity index (χ0v) is 15.2. The van der Waals surface area contributed by atoms with Crippen molar-refractivity contribution in [3.8, 4) is 0 Å². The fourth-order valence-corrected chi connectivity index (χ4v) is 3.90. The molecule has 0 aromatic heterocycles.